The van der Waals surface area contributed by atoms with Gasteiger partial charge in [0.05, 0.1) is 34.2 Å². The predicted molar refractivity (Wildman–Crippen MR) is 136 cm³/mol. The van der Waals surface area contributed by atoms with Gasteiger partial charge in [-0.2, -0.15) is 5.10 Å². The van der Waals surface area contributed by atoms with Crippen molar-refractivity contribution in [2.75, 3.05) is 30.9 Å². The number of benzene rings is 2. The summed E-state index contributed by atoms with van der Waals surface area (Å²) in [5, 5.41) is 5.97. The lowest BCUT2D eigenvalue weighted by molar-refractivity contribution is 0.442. The van der Waals surface area contributed by atoms with Gasteiger partial charge in [0.1, 0.15) is 5.69 Å². The molecule has 0 aliphatic carbocycles. The summed E-state index contributed by atoms with van der Waals surface area (Å²) in [5.74, 6) is -0.149. The summed E-state index contributed by atoms with van der Waals surface area (Å²) < 4.78 is 53.6. The lowest BCUT2D eigenvalue weighted by atomic mass is 10.1. The molecule has 0 N–H and O–H groups in total. The van der Waals surface area contributed by atoms with Gasteiger partial charge in [-0.3, -0.25) is 0 Å². The van der Waals surface area contributed by atoms with Crippen molar-refractivity contribution >= 4 is 60.5 Å². The van der Waals surface area contributed by atoms with Crippen molar-refractivity contribution in [3.8, 4) is 16.9 Å². The fourth-order valence-corrected chi connectivity index (χ4v) is 5.84. The smallest absolute Gasteiger partial charge is 0.252 e. The summed E-state index contributed by atoms with van der Waals surface area (Å²) in [6.45, 7) is 0.197. The van der Waals surface area contributed by atoms with Gasteiger partial charge in [0.15, 0.2) is 15.7 Å². The van der Waals surface area contributed by atoms with E-state index in [1.54, 1.807) is 58.1 Å². The van der Waals surface area contributed by atoms with Crippen LogP contribution >= 0.6 is 34.8 Å². The van der Waals surface area contributed by atoms with Crippen molar-refractivity contribution in [2.24, 2.45) is 4.40 Å². The molecule has 8 nitrogen and oxygen atoms in total. The zero-order valence-corrected chi connectivity index (χ0v) is 21.7. The maximum atomic E-state index is 12.1. The van der Waals surface area contributed by atoms with Crippen LogP contribution in [0, 0.1) is 0 Å². The van der Waals surface area contributed by atoms with Gasteiger partial charge >= 0.3 is 0 Å². The van der Waals surface area contributed by atoms with E-state index < -0.39 is 19.9 Å². The molecule has 1 fully saturated rings. The molecule has 0 saturated carbocycles. The Balaban J connectivity index is 1.91. The van der Waals surface area contributed by atoms with Gasteiger partial charge in [0, 0.05) is 28.7 Å². The first-order valence-electron chi connectivity index (χ1n) is 9.99. The second-order valence-corrected chi connectivity index (χ2v) is 12.9. The third kappa shape index (κ3) is 5.75. The van der Waals surface area contributed by atoms with E-state index in [-0.39, 0.29) is 36.1 Å². The largest absolute Gasteiger partial charge is 0.352 e. The lowest BCUT2D eigenvalue weighted by Gasteiger charge is -2.28. The van der Waals surface area contributed by atoms with Crippen LogP contribution in [-0.2, 0) is 19.9 Å². The number of aromatic nitrogens is 2. The van der Waals surface area contributed by atoms with Gasteiger partial charge in [-0.25, -0.2) is 21.5 Å². The zero-order valence-electron chi connectivity index (χ0n) is 17.8. The second kappa shape index (κ2) is 9.50. The fraction of sp³-hybridized carbons (Fsp3) is 0.238. The van der Waals surface area contributed by atoms with Crippen LogP contribution in [-0.4, -0.2) is 68.2 Å². The van der Waals surface area contributed by atoms with Crippen molar-refractivity contribution in [3.05, 3.63) is 69.3 Å². The number of halogens is 3. The molecule has 13 heteroatoms. The molecule has 0 radical (unpaired) electrons. The Hall–Kier alpha value is -2.11. The summed E-state index contributed by atoms with van der Waals surface area (Å²) in [5.41, 5.74) is 2.11. The van der Waals surface area contributed by atoms with Gasteiger partial charge in [-0.15, -0.1) is 4.40 Å². The first kappa shape index (κ1) is 25.0. The number of sulfone groups is 1. The third-order valence-electron chi connectivity index (χ3n) is 5.11. The van der Waals surface area contributed by atoms with Gasteiger partial charge in [0.25, 0.3) is 10.0 Å². The number of hydrogen-bond acceptors (Lipinski definition) is 5. The molecule has 1 aliphatic heterocycles. The molecule has 0 bridgehead atoms. The molecular formula is C21H19Cl3N4O4S2. The van der Waals surface area contributed by atoms with Crippen molar-refractivity contribution in [3.63, 3.8) is 0 Å². The second-order valence-electron chi connectivity index (χ2n) is 7.72. The van der Waals surface area contributed by atoms with E-state index in [4.69, 9.17) is 34.8 Å². The van der Waals surface area contributed by atoms with E-state index in [0.29, 0.717) is 26.4 Å². The van der Waals surface area contributed by atoms with Crippen LogP contribution in [0.1, 0.15) is 5.69 Å². The number of hydrogen-bond donors (Lipinski definition) is 0. The maximum absolute atomic E-state index is 12.1. The number of nitrogens with zero attached hydrogens (tertiary/aromatic N) is 4. The first-order valence-corrected chi connectivity index (χ1v) is 14.8. The molecule has 0 atom stereocenters. The Labute approximate surface area is 212 Å². The predicted octanol–water partition coefficient (Wildman–Crippen LogP) is 3.94. The number of amidine groups is 1. The van der Waals surface area contributed by atoms with Crippen LogP contribution in [0.3, 0.4) is 0 Å². The van der Waals surface area contributed by atoms with Crippen LogP contribution in [0.2, 0.25) is 15.1 Å². The molecule has 2 aromatic carbocycles. The molecular weight excluding hydrogens is 543 g/mol. The summed E-state index contributed by atoms with van der Waals surface area (Å²) >= 11 is 18.6. The van der Waals surface area contributed by atoms with Crippen LogP contribution in [0.25, 0.3) is 16.9 Å². The van der Waals surface area contributed by atoms with E-state index in [2.05, 4.69) is 9.50 Å². The van der Waals surface area contributed by atoms with Crippen LogP contribution in [0.5, 0.6) is 0 Å². The normalized spacial score (nSPS) is 16.6. The minimum atomic E-state index is -3.82. The highest BCUT2D eigenvalue weighted by Gasteiger charge is 2.28. The molecule has 4 rings (SSSR count). The van der Waals surface area contributed by atoms with E-state index in [1.165, 1.54) is 0 Å². The van der Waals surface area contributed by atoms with E-state index in [1.807, 2.05) is 0 Å². The highest BCUT2D eigenvalue weighted by Crippen LogP contribution is 2.31. The average Bonchev–Trinajstić information content (AvgIpc) is 3.17. The van der Waals surface area contributed by atoms with E-state index >= 15 is 0 Å². The van der Waals surface area contributed by atoms with Gasteiger partial charge in [0.2, 0.25) is 0 Å². The Bertz CT molecular complexity index is 1470. The quantitative estimate of drug-likeness (QED) is 0.353. The van der Waals surface area contributed by atoms with E-state index in [0.717, 1.165) is 11.8 Å². The standard InChI is InChI=1S/C21H19Cl3N4O4S2/c1-33(29,30)26-21(27-8-10-34(31,32)11-9-27)18-13-20(14-2-4-15(22)5-3-14)28(25-18)19-7-6-16(23)12-17(19)24/h2-7,12-13H,8-11H2,1H3. The van der Waals surface area contributed by atoms with Crippen molar-refractivity contribution in [2.45, 2.75) is 0 Å². The highest BCUT2D eigenvalue weighted by molar-refractivity contribution is 7.91. The summed E-state index contributed by atoms with van der Waals surface area (Å²) in [7, 11) is -7.01. The lowest BCUT2D eigenvalue weighted by Crippen LogP contribution is -2.44. The molecule has 1 aliphatic rings. The SMILES string of the molecule is CS(=O)(=O)N=C(c1cc(-c2ccc(Cl)cc2)n(-c2ccc(Cl)cc2Cl)n1)N1CCS(=O)(=O)CC1. The van der Waals surface area contributed by atoms with Crippen LogP contribution in [0.15, 0.2) is 52.9 Å². The number of sulfonamides is 1. The molecule has 2 heterocycles. The Morgan fingerprint density at radius 3 is 2.18 bits per heavy atom. The summed E-state index contributed by atoms with van der Waals surface area (Å²) in [6.07, 6.45) is 0.973. The molecule has 0 spiro atoms. The topological polar surface area (TPSA) is 102 Å². The van der Waals surface area contributed by atoms with Gasteiger partial charge < -0.3 is 4.90 Å². The third-order valence-corrected chi connectivity index (χ3v) is 8.02. The number of rotatable bonds is 4. The molecule has 0 amide bonds. The summed E-state index contributed by atoms with van der Waals surface area (Å²) in [4.78, 5) is 1.61. The Morgan fingerprint density at radius 2 is 1.59 bits per heavy atom. The average molecular weight is 562 g/mol. The monoisotopic (exact) mass is 560 g/mol. The van der Waals surface area contributed by atoms with Gasteiger partial charge in [-0.1, -0.05) is 46.9 Å². The molecule has 3 aromatic rings. The minimum absolute atomic E-state index is 0.0662. The maximum Gasteiger partial charge on any atom is 0.252 e. The van der Waals surface area contributed by atoms with Crippen molar-refractivity contribution in [1.82, 2.24) is 14.7 Å². The molecule has 0 unspecified atom stereocenters. The van der Waals surface area contributed by atoms with E-state index in [9.17, 15) is 16.8 Å². The van der Waals surface area contributed by atoms with Crippen LogP contribution < -0.4 is 0 Å². The molecule has 1 saturated heterocycles. The fourth-order valence-electron chi connectivity index (χ4n) is 3.50. The van der Waals surface area contributed by atoms with Crippen LogP contribution in [0.4, 0.5) is 0 Å². The molecule has 180 valence electrons. The van der Waals surface area contributed by atoms with Crippen molar-refractivity contribution < 1.29 is 16.8 Å². The Morgan fingerprint density at radius 1 is 0.971 bits per heavy atom. The zero-order chi connectivity index (χ0) is 24.7. The summed E-state index contributed by atoms with van der Waals surface area (Å²) in [6, 6.07) is 13.7. The first-order chi connectivity index (χ1) is 15.9. The minimum Gasteiger partial charge on any atom is -0.352 e. The van der Waals surface area contributed by atoms with Gasteiger partial charge in [-0.05, 0) is 36.4 Å². The Kier molecular flexibility index (Phi) is 6.99. The highest BCUT2D eigenvalue weighted by atomic mass is 35.5. The molecule has 34 heavy (non-hydrogen) atoms. The van der Waals surface area contributed by atoms with Crippen molar-refractivity contribution in [1.29, 1.82) is 0 Å². The molecule has 1 aromatic heterocycles.